The lowest BCUT2D eigenvalue weighted by molar-refractivity contribution is -0.123. The van der Waals surface area contributed by atoms with E-state index in [2.05, 4.69) is 0 Å². The molecule has 1 unspecified atom stereocenters. The summed E-state index contributed by atoms with van der Waals surface area (Å²) in [6.45, 7) is 3.92. The molecule has 0 saturated carbocycles. The summed E-state index contributed by atoms with van der Waals surface area (Å²) >= 11 is 0. The van der Waals surface area contributed by atoms with Crippen molar-refractivity contribution in [1.29, 1.82) is 0 Å². The molecular weight excluding hydrogens is 380 g/mol. The van der Waals surface area contributed by atoms with Crippen molar-refractivity contribution in [2.75, 3.05) is 9.80 Å². The number of carbonyl (C=O) groups is 4. The van der Waals surface area contributed by atoms with Crippen LogP contribution in [0, 0.1) is 11.8 Å². The van der Waals surface area contributed by atoms with E-state index in [4.69, 9.17) is 0 Å². The number of hydrogen-bond acceptors (Lipinski definition) is 4. The van der Waals surface area contributed by atoms with Gasteiger partial charge in [-0.2, -0.15) is 0 Å². The van der Waals surface area contributed by atoms with E-state index >= 15 is 0 Å². The second-order valence-corrected chi connectivity index (χ2v) is 7.98. The zero-order chi connectivity index (χ0) is 21.4. The number of nitrogens with zero attached hydrogens (tertiary/aromatic N) is 2. The number of amides is 4. The Hall–Kier alpha value is -3.54. The Labute approximate surface area is 174 Å². The Morgan fingerprint density at radius 1 is 0.767 bits per heavy atom. The Bertz CT molecular complexity index is 1030. The second-order valence-electron chi connectivity index (χ2n) is 7.98. The van der Waals surface area contributed by atoms with Crippen LogP contribution < -0.4 is 9.80 Å². The predicted octanol–water partition coefficient (Wildman–Crippen LogP) is 3.24. The molecule has 0 aliphatic carbocycles. The fourth-order valence-corrected chi connectivity index (χ4v) is 3.86. The van der Waals surface area contributed by atoms with Crippen LogP contribution in [0.1, 0.15) is 31.4 Å². The fraction of sp³-hybridized carbons (Fsp3) is 0.250. The van der Waals surface area contributed by atoms with Gasteiger partial charge in [0.25, 0.3) is 11.8 Å². The van der Waals surface area contributed by atoms with Crippen molar-refractivity contribution in [2.45, 2.75) is 26.7 Å². The monoisotopic (exact) mass is 402 g/mol. The van der Waals surface area contributed by atoms with E-state index in [0.717, 1.165) is 16.0 Å². The van der Waals surface area contributed by atoms with Gasteiger partial charge in [0, 0.05) is 18.6 Å². The minimum Gasteiger partial charge on any atom is -0.274 e. The second kappa shape index (κ2) is 7.71. The fourth-order valence-electron chi connectivity index (χ4n) is 3.86. The third kappa shape index (κ3) is 3.56. The molecule has 2 aromatic carbocycles. The van der Waals surface area contributed by atoms with Crippen LogP contribution >= 0.6 is 0 Å². The topological polar surface area (TPSA) is 74.8 Å². The number of hydrogen-bond donors (Lipinski definition) is 0. The van der Waals surface area contributed by atoms with Crippen LogP contribution in [0.5, 0.6) is 0 Å². The van der Waals surface area contributed by atoms with E-state index in [9.17, 15) is 19.2 Å². The molecule has 0 aromatic heterocycles. The first kappa shape index (κ1) is 19.8. The van der Waals surface area contributed by atoms with Gasteiger partial charge in [0.15, 0.2) is 0 Å². The number of anilines is 2. The summed E-state index contributed by atoms with van der Waals surface area (Å²) in [5, 5.41) is 0. The predicted molar refractivity (Wildman–Crippen MR) is 113 cm³/mol. The van der Waals surface area contributed by atoms with Crippen LogP contribution in [0.4, 0.5) is 11.4 Å². The lowest BCUT2D eigenvalue weighted by atomic mass is 9.94. The minimum absolute atomic E-state index is 0.126. The van der Waals surface area contributed by atoms with E-state index in [0.29, 0.717) is 17.8 Å². The summed E-state index contributed by atoms with van der Waals surface area (Å²) in [5.41, 5.74) is 3.19. The number of imide groups is 2. The van der Waals surface area contributed by atoms with Crippen molar-refractivity contribution in [1.82, 2.24) is 0 Å². The van der Waals surface area contributed by atoms with Crippen LogP contribution in [0.25, 0.3) is 0 Å². The Morgan fingerprint density at radius 2 is 1.23 bits per heavy atom. The molecule has 2 heterocycles. The molecule has 1 fully saturated rings. The smallest absolute Gasteiger partial charge is 0.258 e. The van der Waals surface area contributed by atoms with E-state index in [1.807, 2.05) is 38.1 Å². The summed E-state index contributed by atoms with van der Waals surface area (Å²) in [5.74, 6) is -1.07. The van der Waals surface area contributed by atoms with Crippen LogP contribution in [0.15, 0.2) is 60.7 Å². The lowest BCUT2D eigenvalue weighted by Gasteiger charge is -2.17. The Kier molecular flexibility index (Phi) is 5.08. The molecule has 4 rings (SSSR count). The molecule has 152 valence electrons. The molecule has 2 aliphatic rings. The highest BCUT2D eigenvalue weighted by Gasteiger charge is 2.40. The standard InChI is InChI=1S/C24H22N2O4/c1-15(2)20-14-23(29)26(24(20)30)19-9-5-17(6-10-19)13-16-3-7-18(8-4-16)25-21(27)11-12-22(25)28/h3-12,15,20H,13-14H2,1-2H3. The molecule has 0 bridgehead atoms. The largest absolute Gasteiger partial charge is 0.274 e. The van der Waals surface area contributed by atoms with Crippen molar-refractivity contribution >= 4 is 35.0 Å². The van der Waals surface area contributed by atoms with Gasteiger partial charge in [-0.3, -0.25) is 24.1 Å². The van der Waals surface area contributed by atoms with Gasteiger partial charge in [0.1, 0.15) is 0 Å². The average molecular weight is 402 g/mol. The Morgan fingerprint density at radius 3 is 1.67 bits per heavy atom. The first-order valence-corrected chi connectivity index (χ1v) is 9.96. The molecule has 0 spiro atoms. The number of rotatable bonds is 5. The molecule has 6 nitrogen and oxygen atoms in total. The van der Waals surface area contributed by atoms with Gasteiger partial charge in [-0.1, -0.05) is 38.1 Å². The maximum absolute atomic E-state index is 12.6. The average Bonchev–Trinajstić information content (AvgIpc) is 3.21. The van der Waals surface area contributed by atoms with Crippen LogP contribution in [-0.2, 0) is 25.6 Å². The highest BCUT2D eigenvalue weighted by atomic mass is 16.2. The van der Waals surface area contributed by atoms with Crippen LogP contribution in [0.3, 0.4) is 0 Å². The van der Waals surface area contributed by atoms with Crippen molar-refractivity contribution in [3.8, 4) is 0 Å². The Balaban J connectivity index is 1.45. The first-order valence-electron chi connectivity index (χ1n) is 9.96. The molecular formula is C24H22N2O4. The SMILES string of the molecule is CC(C)C1CC(=O)N(c2ccc(Cc3ccc(N4C(=O)C=CC4=O)cc3)cc2)C1=O. The van der Waals surface area contributed by atoms with Crippen molar-refractivity contribution < 1.29 is 19.2 Å². The lowest BCUT2D eigenvalue weighted by Crippen LogP contribution is -2.31. The van der Waals surface area contributed by atoms with Gasteiger partial charge in [-0.15, -0.1) is 0 Å². The zero-order valence-corrected chi connectivity index (χ0v) is 16.9. The summed E-state index contributed by atoms with van der Waals surface area (Å²) in [4.78, 5) is 50.9. The van der Waals surface area contributed by atoms with Crippen LogP contribution in [0.2, 0.25) is 0 Å². The van der Waals surface area contributed by atoms with Gasteiger partial charge >= 0.3 is 0 Å². The van der Waals surface area contributed by atoms with Gasteiger partial charge in [0.2, 0.25) is 11.8 Å². The molecule has 2 aliphatic heterocycles. The molecule has 6 heteroatoms. The van der Waals surface area contributed by atoms with E-state index in [1.165, 1.54) is 17.1 Å². The van der Waals surface area contributed by atoms with Gasteiger partial charge in [-0.25, -0.2) is 4.90 Å². The first-order chi connectivity index (χ1) is 14.3. The van der Waals surface area contributed by atoms with Crippen molar-refractivity contribution in [3.05, 3.63) is 71.8 Å². The molecule has 4 amide bonds. The highest BCUT2D eigenvalue weighted by Crippen LogP contribution is 2.31. The maximum Gasteiger partial charge on any atom is 0.258 e. The number of benzene rings is 2. The summed E-state index contributed by atoms with van der Waals surface area (Å²) in [6.07, 6.45) is 3.44. The normalized spacial score (nSPS) is 19.0. The number of carbonyl (C=O) groups excluding carboxylic acids is 4. The van der Waals surface area contributed by atoms with E-state index < -0.39 is 0 Å². The molecule has 1 saturated heterocycles. The summed E-state index contributed by atoms with van der Waals surface area (Å²) < 4.78 is 0. The maximum atomic E-state index is 12.6. The highest BCUT2D eigenvalue weighted by molar-refractivity contribution is 6.28. The van der Waals surface area contributed by atoms with E-state index in [-0.39, 0.29) is 41.9 Å². The van der Waals surface area contributed by atoms with Crippen LogP contribution in [-0.4, -0.2) is 23.6 Å². The van der Waals surface area contributed by atoms with Gasteiger partial charge in [-0.05, 0) is 47.7 Å². The third-order valence-electron chi connectivity index (χ3n) is 5.59. The quantitative estimate of drug-likeness (QED) is 0.720. The minimum atomic E-state index is -0.339. The van der Waals surface area contributed by atoms with Crippen molar-refractivity contribution in [3.63, 3.8) is 0 Å². The van der Waals surface area contributed by atoms with Gasteiger partial charge in [0.05, 0.1) is 17.3 Å². The molecule has 2 aromatic rings. The molecule has 1 atom stereocenters. The van der Waals surface area contributed by atoms with E-state index in [1.54, 1.807) is 24.3 Å². The zero-order valence-electron chi connectivity index (χ0n) is 16.9. The van der Waals surface area contributed by atoms with Crippen molar-refractivity contribution in [2.24, 2.45) is 11.8 Å². The summed E-state index contributed by atoms with van der Waals surface area (Å²) in [6, 6.07) is 14.7. The summed E-state index contributed by atoms with van der Waals surface area (Å²) in [7, 11) is 0. The molecule has 30 heavy (non-hydrogen) atoms. The van der Waals surface area contributed by atoms with Gasteiger partial charge < -0.3 is 0 Å². The third-order valence-corrected chi connectivity index (χ3v) is 5.59. The molecule has 0 N–H and O–H groups in total. The molecule has 0 radical (unpaired) electrons.